The lowest BCUT2D eigenvalue weighted by Gasteiger charge is -2.04. The second-order valence-electron chi connectivity index (χ2n) is 3.04. The van der Waals surface area contributed by atoms with Gasteiger partial charge in [0.1, 0.15) is 5.75 Å². The van der Waals surface area contributed by atoms with E-state index in [1.54, 1.807) is 12.1 Å². The van der Waals surface area contributed by atoms with Crippen molar-refractivity contribution in [2.45, 2.75) is 13.5 Å². The first kappa shape index (κ1) is 11.4. The minimum absolute atomic E-state index is 0.329. The van der Waals surface area contributed by atoms with Crippen molar-refractivity contribution in [1.29, 1.82) is 0 Å². The third-order valence-corrected chi connectivity index (χ3v) is 2.79. The highest BCUT2D eigenvalue weighted by Gasteiger charge is 1.92. The zero-order chi connectivity index (χ0) is 10.2. The van der Waals surface area contributed by atoms with Crippen molar-refractivity contribution in [2.24, 2.45) is 0 Å². The summed E-state index contributed by atoms with van der Waals surface area (Å²) >= 11 is 1.94. The molecule has 0 atom stereocenters. The molecule has 0 aromatic heterocycles. The summed E-state index contributed by atoms with van der Waals surface area (Å²) in [4.78, 5) is 0. The van der Waals surface area contributed by atoms with Crippen LogP contribution in [0.3, 0.4) is 0 Å². The number of benzene rings is 1. The topological polar surface area (TPSA) is 32.3 Å². The maximum absolute atomic E-state index is 9.07. The van der Waals surface area contributed by atoms with Crippen LogP contribution < -0.4 is 5.32 Å². The van der Waals surface area contributed by atoms with Gasteiger partial charge in [0.25, 0.3) is 0 Å². The van der Waals surface area contributed by atoms with E-state index < -0.39 is 0 Å². The molecule has 0 bridgehead atoms. The Morgan fingerprint density at radius 2 is 2.00 bits per heavy atom. The molecule has 1 aromatic carbocycles. The van der Waals surface area contributed by atoms with Gasteiger partial charge in [-0.3, -0.25) is 0 Å². The fourth-order valence-corrected chi connectivity index (χ4v) is 1.71. The summed E-state index contributed by atoms with van der Waals surface area (Å²) in [6, 6.07) is 7.32. The second kappa shape index (κ2) is 6.74. The van der Waals surface area contributed by atoms with Gasteiger partial charge in [0.05, 0.1) is 0 Å². The minimum Gasteiger partial charge on any atom is -0.508 e. The van der Waals surface area contributed by atoms with E-state index in [1.807, 2.05) is 23.9 Å². The van der Waals surface area contributed by atoms with Crippen LogP contribution in [0.5, 0.6) is 5.75 Å². The summed E-state index contributed by atoms with van der Waals surface area (Å²) in [5.74, 6) is 2.67. The fourth-order valence-electron chi connectivity index (χ4n) is 1.14. The van der Waals surface area contributed by atoms with Crippen LogP contribution >= 0.6 is 11.8 Å². The Morgan fingerprint density at radius 3 is 2.64 bits per heavy atom. The van der Waals surface area contributed by atoms with Gasteiger partial charge in [-0.05, 0) is 23.4 Å². The maximum atomic E-state index is 9.07. The third-order valence-electron chi connectivity index (χ3n) is 1.89. The van der Waals surface area contributed by atoms with E-state index in [-0.39, 0.29) is 0 Å². The van der Waals surface area contributed by atoms with Crippen molar-refractivity contribution in [2.75, 3.05) is 18.1 Å². The standard InChI is InChI=1S/C11H17NOS/c1-2-14-8-7-12-9-10-3-5-11(13)6-4-10/h3-6,12-13H,2,7-9H2,1H3. The minimum atomic E-state index is 0.329. The Morgan fingerprint density at radius 1 is 1.29 bits per heavy atom. The molecule has 78 valence electrons. The van der Waals surface area contributed by atoms with E-state index in [2.05, 4.69) is 12.2 Å². The number of phenols is 1. The summed E-state index contributed by atoms with van der Waals surface area (Å²) in [5, 5.41) is 12.4. The molecule has 14 heavy (non-hydrogen) atoms. The van der Waals surface area contributed by atoms with E-state index in [1.165, 1.54) is 11.3 Å². The number of aromatic hydroxyl groups is 1. The van der Waals surface area contributed by atoms with Gasteiger partial charge in [-0.2, -0.15) is 11.8 Å². The van der Waals surface area contributed by atoms with Crippen LogP contribution in [0, 0.1) is 0 Å². The number of rotatable bonds is 6. The average molecular weight is 211 g/mol. The lowest BCUT2D eigenvalue weighted by molar-refractivity contribution is 0.475. The first-order valence-electron chi connectivity index (χ1n) is 4.89. The first-order valence-corrected chi connectivity index (χ1v) is 6.04. The Balaban J connectivity index is 2.15. The summed E-state index contributed by atoms with van der Waals surface area (Å²) in [6.45, 7) is 4.09. The van der Waals surface area contributed by atoms with Crippen molar-refractivity contribution in [3.63, 3.8) is 0 Å². The van der Waals surface area contributed by atoms with Gasteiger partial charge in [-0.1, -0.05) is 19.1 Å². The van der Waals surface area contributed by atoms with Gasteiger partial charge in [-0.25, -0.2) is 0 Å². The molecule has 1 aromatic rings. The Bertz CT molecular complexity index is 248. The van der Waals surface area contributed by atoms with Crippen molar-refractivity contribution >= 4 is 11.8 Å². The fraction of sp³-hybridized carbons (Fsp3) is 0.455. The molecule has 0 aliphatic heterocycles. The molecule has 0 spiro atoms. The van der Waals surface area contributed by atoms with Gasteiger partial charge in [0.15, 0.2) is 0 Å². The van der Waals surface area contributed by atoms with Gasteiger partial charge in [0, 0.05) is 18.8 Å². The molecule has 1 rings (SSSR count). The first-order chi connectivity index (χ1) is 6.83. The lowest BCUT2D eigenvalue weighted by Crippen LogP contribution is -2.16. The molecule has 0 unspecified atom stereocenters. The summed E-state index contributed by atoms with van der Waals surface area (Å²) in [5.41, 5.74) is 1.21. The van der Waals surface area contributed by atoms with Crippen LogP contribution in [-0.2, 0) is 6.54 Å². The van der Waals surface area contributed by atoms with Crippen molar-refractivity contribution in [3.05, 3.63) is 29.8 Å². The molecule has 3 heteroatoms. The Labute approximate surface area is 89.7 Å². The lowest BCUT2D eigenvalue weighted by atomic mass is 10.2. The predicted octanol–water partition coefficient (Wildman–Crippen LogP) is 2.23. The number of hydrogen-bond acceptors (Lipinski definition) is 3. The molecule has 0 amide bonds. The predicted molar refractivity (Wildman–Crippen MR) is 62.8 cm³/mol. The highest BCUT2D eigenvalue weighted by Crippen LogP contribution is 2.09. The molecule has 0 fully saturated rings. The molecule has 2 nitrogen and oxygen atoms in total. The molecule has 0 radical (unpaired) electrons. The largest absolute Gasteiger partial charge is 0.508 e. The van der Waals surface area contributed by atoms with Crippen molar-refractivity contribution in [3.8, 4) is 5.75 Å². The second-order valence-corrected chi connectivity index (χ2v) is 4.43. The highest BCUT2D eigenvalue weighted by atomic mass is 32.2. The van der Waals surface area contributed by atoms with Crippen molar-refractivity contribution in [1.82, 2.24) is 5.32 Å². The number of phenolic OH excluding ortho intramolecular Hbond substituents is 1. The molecule has 2 N–H and O–H groups in total. The van der Waals surface area contributed by atoms with Crippen LogP contribution in [0.1, 0.15) is 12.5 Å². The number of nitrogens with one attached hydrogen (secondary N) is 1. The van der Waals surface area contributed by atoms with Gasteiger partial charge in [-0.15, -0.1) is 0 Å². The quantitative estimate of drug-likeness (QED) is 0.708. The SMILES string of the molecule is CCSCCNCc1ccc(O)cc1. The van der Waals surface area contributed by atoms with Crippen LogP contribution in [0.4, 0.5) is 0 Å². The van der Waals surface area contributed by atoms with Crippen molar-refractivity contribution < 1.29 is 5.11 Å². The van der Waals surface area contributed by atoms with Crippen LogP contribution in [0.15, 0.2) is 24.3 Å². The van der Waals surface area contributed by atoms with Gasteiger partial charge < -0.3 is 10.4 Å². The summed E-state index contributed by atoms with van der Waals surface area (Å²) in [6.07, 6.45) is 0. The summed E-state index contributed by atoms with van der Waals surface area (Å²) < 4.78 is 0. The average Bonchev–Trinajstić information content (AvgIpc) is 2.21. The molecule has 0 saturated carbocycles. The smallest absolute Gasteiger partial charge is 0.115 e. The monoisotopic (exact) mass is 211 g/mol. The zero-order valence-electron chi connectivity index (χ0n) is 8.49. The molecule has 0 heterocycles. The normalized spacial score (nSPS) is 10.4. The number of thioether (sulfide) groups is 1. The van der Waals surface area contributed by atoms with E-state index in [9.17, 15) is 0 Å². The Hall–Kier alpha value is -0.670. The van der Waals surface area contributed by atoms with E-state index >= 15 is 0 Å². The number of hydrogen-bond donors (Lipinski definition) is 2. The van der Waals surface area contributed by atoms with E-state index in [0.29, 0.717) is 5.75 Å². The molecular weight excluding hydrogens is 194 g/mol. The van der Waals surface area contributed by atoms with Crippen LogP contribution in [0.25, 0.3) is 0 Å². The summed E-state index contributed by atoms with van der Waals surface area (Å²) in [7, 11) is 0. The molecule has 0 saturated heterocycles. The van der Waals surface area contributed by atoms with Gasteiger partial charge in [0.2, 0.25) is 0 Å². The molecule has 0 aliphatic rings. The maximum Gasteiger partial charge on any atom is 0.115 e. The third kappa shape index (κ3) is 4.53. The van der Waals surface area contributed by atoms with E-state index in [0.717, 1.165) is 18.8 Å². The van der Waals surface area contributed by atoms with Gasteiger partial charge >= 0.3 is 0 Å². The zero-order valence-corrected chi connectivity index (χ0v) is 9.31. The molecule has 0 aliphatic carbocycles. The van der Waals surface area contributed by atoms with Crippen LogP contribution in [-0.4, -0.2) is 23.2 Å². The van der Waals surface area contributed by atoms with Crippen LogP contribution in [0.2, 0.25) is 0 Å². The molecular formula is C11H17NOS. The highest BCUT2D eigenvalue weighted by molar-refractivity contribution is 7.99. The Kier molecular flexibility index (Phi) is 5.49. The van der Waals surface area contributed by atoms with E-state index in [4.69, 9.17) is 5.11 Å².